The zero-order valence-corrected chi connectivity index (χ0v) is 13.4. The molecule has 1 N–H and O–H groups in total. The van der Waals surface area contributed by atoms with Crippen LogP contribution in [0, 0.1) is 0 Å². The van der Waals surface area contributed by atoms with Crippen LogP contribution in [0.5, 0.6) is 0 Å². The van der Waals surface area contributed by atoms with Crippen LogP contribution in [0.15, 0.2) is 30.3 Å². The van der Waals surface area contributed by atoms with Gasteiger partial charge in [0.2, 0.25) is 0 Å². The van der Waals surface area contributed by atoms with Crippen molar-refractivity contribution in [3.8, 4) is 11.3 Å². The van der Waals surface area contributed by atoms with Gasteiger partial charge in [0.15, 0.2) is 0 Å². The first-order valence-electron chi connectivity index (χ1n) is 5.81. The summed E-state index contributed by atoms with van der Waals surface area (Å²) in [5, 5.41) is 1.20. The van der Waals surface area contributed by atoms with Crippen LogP contribution in [0.1, 0.15) is 5.69 Å². The summed E-state index contributed by atoms with van der Waals surface area (Å²) >= 11 is 12.1. The number of hydrogen-bond acceptors (Lipinski definition) is 3. The SMILES string of the molecule is COP(=O)(Cc1cc(Cl)c(-c2ccc(Cl)cc2)[nH]1)OC. The molecule has 0 saturated carbocycles. The Morgan fingerprint density at radius 3 is 2.30 bits per heavy atom. The molecule has 0 bridgehead atoms. The van der Waals surface area contributed by atoms with Crippen molar-refractivity contribution < 1.29 is 13.6 Å². The summed E-state index contributed by atoms with van der Waals surface area (Å²) in [6.07, 6.45) is 0.132. The monoisotopic (exact) mass is 333 g/mol. The molecule has 1 heterocycles. The van der Waals surface area contributed by atoms with E-state index in [1.165, 1.54) is 14.2 Å². The molecule has 0 radical (unpaired) electrons. The van der Waals surface area contributed by atoms with Gasteiger partial charge in [-0.1, -0.05) is 35.3 Å². The van der Waals surface area contributed by atoms with Gasteiger partial charge in [-0.15, -0.1) is 0 Å². The smallest absolute Gasteiger partial charge is 0.335 e. The molecule has 2 rings (SSSR count). The van der Waals surface area contributed by atoms with Crippen molar-refractivity contribution in [1.82, 2.24) is 4.98 Å². The maximum absolute atomic E-state index is 12.1. The van der Waals surface area contributed by atoms with Gasteiger partial charge in [0.25, 0.3) is 0 Å². The van der Waals surface area contributed by atoms with Crippen LogP contribution in [0.25, 0.3) is 11.3 Å². The van der Waals surface area contributed by atoms with Crippen molar-refractivity contribution in [2.24, 2.45) is 0 Å². The van der Waals surface area contributed by atoms with E-state index in [1.807, 2.05) is 12.1 Å². The van der Waals surface area contributed by atoms with E-state index in [0.717, 1.165) is 11.3 Å². The summed E-state index contributed by atoms with van der Waals surface area (Å²) < 4.78 is 21.9. The molecule has 0 saturated heterocycles. The molecule has 0 spiro atoms. The number of halogens is 2. The Balaban J connectivity index is 2.30. The molecule has 0 aliphatic carbocycles. The average Bonchev–Trinajstić information content (AvgIpc) is 2.80. The average molecular weight is 334 g/mol. The van der Waals surface area contributed by atoms with E-state index in [-0.39, 0.29) is 6.16 Å². The molecule has 2 aromatic rings. The summed E-state index contributed by atoms with van der Waals surface area (Å²) in [4.78, 5) is 3.13. The fraction of sp³-hybridized carbons (Fsp3) is 0.231. The van der Waals surface area contributed by atoms with Gasteiger partial charge in [-0.2, -0.15) is 0 Å². The number of aromatic nitrogens is 1. The molecule has 1 aromatic carbocycles. The second-order valence-electron chi connectivity index (χ2n) is 4.16. The van der Waals surface area contributed by atoms with Crippen molar-refractivity contribution in [3.63, 3.8) is 0 Å². The van der Waals surface area contributed by atoms with E-state index < -0.39 is 7.60 Å². The van der Waals surface area contributed by atoms with Gasteiger partial charge in [0.05, 0.1) is 16.9 Å². The Hall–Kier alpha value is -0.770. The van der Waals surface area contributed by atoms with Crippen LogP contribution in [-0.4, -0.2) is 19.2 Å². The molecule has 7 heteroatoms. The number of rotatable bonds is 5. The minimum absolute atomic E-state index is 0.132. The van der Waals surface area contributed by atoms with Crippen LogP contribution in [0.3, 0.4) is 0 Å². The van der Waals surface area contributed by atoms with E-state index in [0.29, 0.717) is 15.7 Å². The molecule has 0 atom stereocenters. The van der Waals surface area contributed by atoms with E-state index in [2.05, 4.69) is 4.98 Å². The molecule has 1 aromatic heterocycles. The first-order chi connectivity index (χ1) is 9.47. The topological polar surface area (TPSA) is 51.3 Å². The number of benzene rings is 1. The van der Waals surface area contributed by atoms with Crippen LogP contribution in [0.2, 0.25) is 10.0 Å². The highest BCUT2D eigenvalue weighted by Crippen LogP contribution is 2.50. The Morgan fingerprint density at radius 2 is 1.75 bits per heavy atom. The third kappa shape index (κ3) is 3.46. The maximum atomic E-state index is 12.1. The zero-order chi connectivity index (χ0) is 14.8. The third-order valence-electron chi connectivity index (χ3n) is 2.88. The predicted octanol–water partition coefficient (Wildman–Crippen LogP) is 4.97. The number of aromatic amines is 1. The van der Waals surface area contributed by atoms with E-state index in [9.17, 15) is 4.57 Å². The molecule has 0 fully saturated rings. The summed E-state index contributed by atoms with van der Waals surface area (Å²) in [5.41, 5.74) is 2.33. The molecule has 20 heavy (non-hydrogen) atoms. The fourth-order valence-corrected chi connectivity index (χ4v) is 3.21. The molecular formula is C13H14Cl2NO3P. The largest absolute Gasteiger partial charge is 0.357 e. The van der Waals surface area contributed by atoms with Gasteiger partial charge >= 0.3 is 7.60 Å². The van der Waals surface area contributed by atoms with Gasteiger partial charge in [0.1, 0.15) is 0 Å². The molecule has 4 nitrogen and oxygen atoms in total. The standard InChI is InChI=1S/C13H14Cl2NO3P/c1-18-20(17,19-2)8-11-7-12(15)13(16-11)9-3-5-10(14)6-4-9/h3-7,16H,8H2,1-2H3. The van der Waals surface area contributed by atoms with Crippen LogP contribution >= 0.6 is 30.8 Å². The van der Waals surface area contributed by atoms with E-state index in [1.54, 1.807) is 18.2 Å². The number of nitrogens with one attached hydrogen (secondary N) is 1. The quantitative estimate of drug-likeness (QED) is 0.785. The number of H-pyrrole nitrogens is 1. The van der Waals surface area contributed by atoms with Crippen molar-refractivity contribution in [2.75, 3.05) is 14.2 Å². The third-order valence-corrected chi connectivity index (χ3v) is 5.27. The fourth-order valence-electron chi connectivity index (χ4n) is 1.81. The van der Waals surface area contributed by atoms with Crippen molar-refractivity contribution >= 4 is 30.8 Å². The van der Waals surface area contributed by atoms with Crippen molar-refractivity contribution in [2.45, 2.75) is 6.16 Å². The maximum Gasteiger partial charge on any atom is 0.335 e. The first kappa shape index (κ1) is 15.6. The second-order valence-corrected chi connectivity index (χ2v) is 7.27. The lowest BCUT2D eigenvalue weighted by Gasteiger charge is -2.12. The highest BCUT2D eigenvalue weighted by atomic mass is 35.5. The molecule has 0 aliphatic heterocycles. The minimum Gasteiger partial charge on any atom is -0.357 e. The Morgan fingerprint density at radius 1 is 1.15 bits per heavy atom. The van der Waals surface area contributed by atoms with E-state index >= 15 is 0 Å². The summed E-state index contributed by atoms with van der Waals surface area (Å²) in [7, 11) is -0.408. The van der Waals surface area contributed by atoms with Crippen LogP contribution < -0.4 is 0 Å². The van der Waals surface area contributed by atoms with Crippen LogP contribution in [0.4, 0.5) is 0 Å². The van der Waals surface area contributed by atoms with Crippen molar-refractivity contribution in [3.05, 3.63) is 46.1 Å². The number of hydrogen-bond donors (Lipinski definition) is 1. The lowest BCUT2D eigenvalue weighted by molar-refractivity contribution is 0.274. The predicted molar refractivity (Wildman–Crippen MR) is 81.6 cm³/mol. The van der Waals surface area contributed by atoms with Gasteiger partial charge in [-0.25, -0.2) is 0 Å². The molecule has 0 amide bonds. The Kier molecular flexibility index (Phi) is 4.95. The summed E-state index contributed by atoms with van der Waals surface area (Å²) in [6, 6.07) is 8.99. The highest BCUT2D eigenvalue weighted by Gasteiger charge is 2.23. The summed E-state index contributed by atoms with van der Waals surface area (Å²) in [5.74, 6) is 0. The van der Waals surface area contributed by atoms with Gasteiger partial charge in [-0.3, -0.25) is 4.57 Å². The van der Waals surface area contributed by atoms with Gasteiger partial charge in [-0.05, 0) is 23.8 Å². The molecular weight excluding hydrogens is 320 g/mol. The molecule has 0 unspecified atom stereocenters. The van der Waals surface area contributed by atoms with Crippen molar-refractivity contribution in [1.29, 1.82) is 0 Å². The first-order valence-corrected chi connectivity index (χ1v) is 8.29. The Labute approximate surface area is 127 Å². The van der Waals surface area contributed by atoms with Gasteiger partial charge < -0.3 is 14.0 Å². The Bertz CT molecular complexity index is 632. The minimum atomic E-state index is -3.12. The second kappa shape index (κ2) is 6.33. The highest BCUT2D eigenvalue weighted by molar-refractivity contribution is 7.52. The van der Waals surface area contributed by atoms with Crippen LogP contribution in [-0.2, 0) is 19.8 Å². The molecule has 108 valence electrons. The zero-order valence-electron chi connectivity index (χ0n) is 11.0. The van der Waals surface area contributed by atoms with E-state index in [4.69, 9.17) is 32.2 Å². The molecule has 0 aliphatic rings. The van der Waals surface area contributed by atoms with Gasteiger partial charge in [0, 0.05) is 24.9 Å². The lowest BCUT2D eigenvalue weighted by atomic mass is 10.2. The normalized spacial score (nSPS) is 11.8. The summed E-state index contributed by atoms with van der Waals surface area (Å²) in [6.45, 7) is 0. The lowest BCUT2D eigenvalue weighted by Crippen LogP contribution is -1.93.